The van der Waals surface area contributed by atoms with Crippen molar-refractivity contribution in [1.29, 1.82) is 0 Å². The molecule has 130 valence electrons. The van der Waals surface area contributed by atoms with E-state index in [4.69, 9.17) is 9.47 Å². The number of benzene rings is 1. The minimum absolute atomic E-state index is 0.00261. The van der Waals surface area contributed by atoms with E-state index in [1.807, 2.05) is 59.7 Å². The third kappa shape index (κ3) is 6.10. The van der Waals surface area contributed by atoms with Crippen LogP contribution < -0.4 is 20.1 Å². The predicted molar refractivity (Wildman–Crippen MR) is 93.1 cm³/mol. The van der Waals surface area contributed by atoms with Gasteiger partial charge in [0.15, 0.2) is 11.5 Å². The molecule has 5 nitrogen and oxygen atoms in total. The van der Waals surface area contributed by atoms with Crippen molar-refractivity contribution in [2.75, 3.05) is 13.2 Å². The van der Waals surface area contributed by atoms with E-state index < -0.39 is 0 Å². The summed E-state index contributed by atoms with van der Waals surface area (Å²) in [6.07, 6.45) is 0. The van der Waals surface area contributed by atoms with Crippen molar-refractivity contribution in [3.63, 3.8) is 0 Å². The van der Waals surface area contributed by atoms with Crippen molar-refractivity contribution in [2.24, 2.45) is 0 Å². The molecule has 0 saturated heterocycles. The molecule has 0 aliphatic rings. The fraction of sp³-hybridized carbons (Fsp3) is 0.611. The van der Waals surface area contributed by atoms with Gasteiger partial charge in [-0.05, 0) is 59.2 Å². The Kier molecular flexibility index (Phi) is 7.89. The first-order chi connectivity index (χ1) is 10.9. The largest absolute Gasteiger partial charge is 0.490 e. The molecule has 1 amide bonds. The molecule has 1 rings (SSSR count). The summed E-state index contributed by atoms with van der Waals surface area (Å²) in [5, 5.41) is 6.22. The highest BCUT2D eigenvalue weighted by atomic mass is 16.5. The lowest BCUT2D eigenvalue weighted by Gasteiger charge is -2.22. The van der Waals surface area contributed by atoms with Crippen LogP contribution in [0.1, 0.15) is 53.1 Å². The number of ether oxygens (including phenoxy) is 2. The Morgan fingerprint density at radius 3 is 2.22 bits per heavy atom. The van der Waals surface area contributed by atoms with Crippen LogP contribution in [0.2, 0.25) is 0 Å². The van der Waals surface area contributed by atoms with Crippen LogP contribution in [-0.4, -0.2) is 31.2 Å². The van der Waals surface area contributed by atoms with Crippen molar-refractivity contribution in [3.05, 3.63) is 23.8 Å². The first kappa shape index (κ1) is 19.3. The minimum Gasteiger partial charge on any atom is -0.490 e. The lowest BCUT2D eigenvalue weighted by Crippen LogP contribution is -2.45. The monoisotopic (exact) mass is 322 g/mol. The SMILES string of the molecule is CCOc1ccc([C@H](C)N[C@@H](C)C(=O)NC(C)C)cc1OCC. The average molecular weight is 322 g/mol. The van der Waals surface area contributed by atoms with Crippen LogP contribution in [0.5, 0.6) is 11.5 Å². The lowest BCUT2D eigenvalue weighted by atomic mass is 10.1. The maximum absolute atomic E-state index is 12.0. The molecule has 0 saturated carbocycles. The van der Waals surface area contributed by atoms with Gasteiger partial charge >= 0.3 is 0 Å². The second kappa shape index (κ2) is 9.40. The van der Waals surface area contributed by atoms with E-state index in [2.05, 4.69) is 10.6 Å². The molecule has 2 N–H and O–H groups in total. The van der Waals surface area contributed by atoms with Gasteiger partial charge in [0.05, 0.1) is 19.3 Å². The maximum atomic E-state index is 12.0. The molecule has 0 bridgehead atoms. The third-order valence-electron chi connectivity index (χ3n) is 3.39. The molecular formula is C18H30N2O3. The number of hydrogen-bond acceptors (Lipinski definition) is 4. The Labute approximate surface area is 139 Å². The van der Waals surface area contributed by atoms with Gasteiger partial charge in [0, 0.05) is 12.1 Å². The van der Waals surface area contributed by atoms with Gasteiger partial charge in [0.25, 0.3) is 0 Å². The van der Waals surface area contributed by atoms with Crippen molar-refractivity contribution >= 4 is 5.91 Å². The van der Waals surface area contributed by atoms with Crippen LogP contribution in [-0.2, 0) is 4.79 Å². The average Bonchev–Trinajstić information content (AvgIpc) is 2.48. The summed E-state index contributed by atoms with van der Waals surface area (Å²) in [6, 6.07) is 5.78. The topological polar surface area (TPSA) is 59.6 Å². The summed E-state index contributed by atoms with van der Waals surface area (Å²) in [6.45, 7) is 12.9. The summed E-state index contributed by atoms with van der Waals surface area (Å²) in [5.74, 6) is 1.48. The molecule has 0 aliphatic carbocycles. The van der Waals surface area contributed by atoms with Gasteiger partial charge in [0.1, 0.15) is 0 Å². The Morgan fingerprint density at radius 2 is 1.65 bits per heavy atom. The third-order valence-corrected chi connectivity index (χ3v) is 3.39. The number of carbonyl (C=O) groups is 1. The molecule has 5 heteroatoms. The van der Waals surface area contributed by atoms with E-state index in [0.29, 0.717) is 13.2 Å². The molecule has 23 heavy (non-hydrogen) atoms. The summed E-state index contributed by atoms with van der Waals surface area (Å²) in [5.41, 5.74) is 1.06. The lowest BCUT2D eigenvalue weighted by molar-refractivity contribution is -0.123. The minimum atomic E-state index is -0.269. The van der Waals surface area contributed by atoms with Crippen LogP contribution in [0.4, 0.5) is 0 Å². The number of hydrogen-bond donors (Lipinski definition) is 2. The van der Waals surface area contributed by atoms with E-state index in [-0.39, 0.29) is 24.0 Å². The summed E-state index contributed by atoms with van der Waals surface area (Å²) < 4.78 is 11.2. The van der Waals surface area contributed by atoms with Crippen molar-refractivity contribution < 1.29 is 14.3 Å². The molecule has 2 atom stereocenters. The first-order valence-corrected chi connectivity index (χ1v) is 8.34. The van der Waals surface area contributed by atoms with E-state index in [1.54, 1.807) is 0 Å². The molecular weight excluding hydrogens is 292 g/mol. The molecule has 1 aromatic rings. The summed E-state index contributed by atoms with van der Waals surface area (Å²) in [4.78, 5) is 12.0. The normalized spacial score (nSPS) is 13.5. The molecule has 0 spiro atoms. The first-order valence-electron chi connectivity index (χ1n) is 8.34. The van der Waals surface area contributed by atoms with Gasteiger partial charge in [-0.1, -0.05) is 6.07 Å². The molecule has 0 fully saturated rings. The van der Waals surface area contributed by atoms with Gasteiger partial charge in [-0.2, -0.15) is 0 Å². The Balaban J connectivity index is 2.80. The molecule has 0 radical (unpaired) electrons. The van der Waals surface area contributed by atoms with Gasteiger partial charge < -0.3 is 14.8 Å². The predicted octanol–water partition coefficient (Wildman–Crippen LogP) is 3.05. The quantitative estimate of drug-likeness (QED) is 0.733. The molecule has 0 aliphatic heterocycles. The zero-order valence-electron chi connectivity index (χ0n) is 15.1. The van der Waals surface area contributed by atoms with Gasteiger partial charge in [-0.15, -0.1) is 0 Å². The van der Waals surface area contributed by atoms with Gasteiger partial charge in [0.2, 0.25) is 5.91 Å². The van der Waals surface area contributed by atoms with Crippen molar-refractivity contribution in [3.8, 4) is 11.5 Å². The second-order valence-electron chi connectivity index (χ2n) is 5.85. The van der Waals surface area contributed by atoms with E-state index in [9.17, 15) is 4.79 Å². The van der Waals surface area contributed by atoms with Gasteiger partial charge in [-0.25, -0.2) is 0 Å². The van der Waals surface area contributed by atoms with E-state index in [1.165, 1.54) is 0 Å². The molecule has 0 unspecified atom stereocenters. The fourth-order valence-corrected chi connectivity index (χ4v) is 2.29. The summed E-state index contributed by atoms with van der Waals surface area (Å²) >= 11 is 0. The Hall–Kier alpha value is -1.75. The van der Waals surface area contributed by atoms with E-state index >= 15 is 0 Å². The molecule has 1 aromatic carbocycles. The standard InChI is InChI=1S/C18H30N2O3/c1-7-22-16-10-9-15(11-17(16)23-8-2)13(5)20-14(6)18(21)19-12(3)4/h9-14,20H,7-8H2,1-6H3,(H,19,21)/t13-,14-/m0/s1. The zero-order chi connectivity index (χ0) is 17.4. The maximum Gasteiger partial charge on any atom is 0.237 e. The number of amides is 1. The number of rotatable bonds is 9. The van der Waals surface area contributed by atoms with E-state index in [0.717, 1.165) is 17.1 Å². The second-order valence-corrected chi connectivity index (χ2v) is 5.85. The highest BCUT2D eigenvalue weighted by Gasteiger charge is 2.18. The fourth-order valence-electron chi connectivity index (χ4n) is 2.29. The Morgan fingerprint density at radius 1 is 1.04 bits per heavy atom. The zero-order valence-corrected chi connectivity index (χ0v) is 15.1. The Bertz CT molecular complexity index is 503. The van der Waals surface area contributed by atoms with Crippen LogP contribution >= 0.6 is 0 Å². The number of carbonyl (C=O) groups excluding carboxylic acids is 1. The molecule has 0 heterocycles. The van der Waals surface area contributed by atoms with Gasteiger partial charge in [-0.3, -0.25) is 10.1 Å². The highest BCUT2D eigenvalue weighted by molar-refractivity contribution is 5.81. The summed E-state index contributed by atoms with van der Waals surface area (Å²) in [7, 11) is 0. The van der Waals surface area contributed by atoms with Crippen LogP contribution in [0, 0.1) is 0 Å². The van der Waals surface area contributed by atoms with Crippen molar-refractivity contribution in [2.45, 2.75) is 59.7 Å². The van der Waals surface area contributed by atoms with Crippen LogP contribution in [0.3, 0.4) is 0 Å². The van der Waals surface area contributed by atoms with Crippen molar-refractivity contribution in [1.82, 2.24) is 10.6 Å². The smallest absolute Gasteiger partial charge is 0.237 e. The van der Waals surface area contributed by atoms with Crippen LogP contribution in [0.15, 0.2) is 18.2 Å². The highest BCUT2D eigenvalue weighted by Crippen LogP contribution is 2.30. The molecule has 0 aromatic heterocycles. The number of nitrogens with one attached hydrogen (secondary N) is 2. The van der Waals surface area contributed by atoms with Crippen LogP contribution in [0.25, 0.3) is 0 Å².